The number of rotatable bonds is 6. The molecule has 0 amide bonds. The normalized spacial score (nSPS) is 34.0. The minimum absolute atomic E-state index is 0.322. The molecule has 2 saturated carbocycles. The first-order valence-electron chi connectivity index (χ1n) is 8.33. The Bertz CT molecular complexity index is 493. The smallest absolute Gasteiger partial charge is 0.0960 e. The fraction of sp³-hybridized carbons (Fsp3) is 0.722. The van der Waals surface area contributed by atoms with Crippen molar-refractivity contribution in [3.8, 4) is 0 Å². The zero-order valence-electron chi connectivity index (χ0n) is 13.7. The fourth-order valence-corrected chi connectivity index (χ4v) is 5.42. The van der Waals surface area contributed by atoms with Gasteiger partial charge in [0.2, 0.25) is 0 Å². The van der Waals surface area contributed by atoms with Crippen LogP contribution >= 0.6 is 11.8 Å². The van der Waals surface area contributed by atoms with Gasteiger partial charge in [0.1, 0.15) is 0 Å². The van der Waals surface area contributed by atoms with Crippen LogP contribution in [-0.2, 0) is 4.74 Å². The van der Waals surface area contributed by atoms with Crippen LogP contribution < -0.4 is 0 Å². The molecule has 122 valence electrons. The van der Waals surface area contributed by atoms with Crippen molar-refractivity contribution in [1.29, 1.82) is 0 Å². The first-order valence-corrected chi connectivity index (χ1v) is 9.32. The van der Waals surface area contributed by atoms with Crippen LogP contribution in [0.15, 0.2) is 29.4 Å². The second-order valence-electron chi connectivity index (χ2n) is 7.40. The van der Waals surface area contributed by atoms with Crippen molar-refractivity contribution < 1.29 is 9.84 Å². The molecule has 22 heavy (non-hydrogen) atoms. The van der Waals surface area contributed by atoms with Crippen LogP contribution in [-0.4, -0.2) is 34.7 Å². The molecule has 0 radical (unpaired) electrons. The van der Waals surface area contributed by atoms with Crippen molar-refractivity contribution in [2.45, 2.75) is 50.8 Å². The number of hydrogen-bond donors (Lipinski definition) is 1. The van der Waals surface area contributed by atoms with Crippen molar-refractivity contribution in [1.82, 2.24) is 4.98 Å². The second-order valence-corrected chi connectivity index (χ2v) is 8.44. The quantitative estimate of drug-likeness (QED) is 0.813. The molecule has 2 fully saturated rings. The summed E-state index contributed by atoms with van der Waals surface area (Å²) in [6.45, 7) is 7.55. The fourth-order valence-electron chi connectivity index (χ4n) is 4.65. The third-order valence-corrected chi connectivity index (χ3v) is 6.88. The molecule has 1 aromatic rings. The molecule has 5 atom stereocenters. The summed E-state index contributed by atoms with van der Waals surface area (Å²) < 4.78 is 6.15. The van der Waals surface area contributed by atoms with Gasteiger partial charge in [0.25, 0.3) is 0 Å². The van der Waals surface area contributed by atoms with Crippen LogP contribution in [0.5, 0.6) is 0 Å². The van der Waals surface area contributed by atoms with E-state index in [1.54, 1.807) is 18.0 Å². The van der Waals surface area contributed by atoms with Gasteiger partial charge in [-0.1, -0.05) is 26.8 Å². The van der Waals surface area contributed by atoms with Crippen LogP contribution in [0, 0.1) is 23.2 Å². The van der Waals surface area contributed by atoms with E-state index in [9.17, 15) is 5.11 Å². The van der Waals surface area contributed by atoms with E-state index >= 15 is 0 Å². The Morgan fingerprint density at radius 3 is 2.77 bits per heavy atom. The SMILES string of the molecule is C[C@H]1[C@@H](OC[C@H](O)CSc2ccccn2)[C@@H]2CC[C@H]1C2(C)C. The van der Waals surface area contributed by atoms with E-state index in [1.165, 1.54) is 12.8 Å². The van der Waals surface area contributed by atoms with Gasteiger partial charge in [-0.2, -0.15) is 0 Å². The number of hydrogen-bond acceptors (Lipinski definition) is 4. The number of thioether (sulfide) groups is 1. The zero-order valence-corrected chi connectivity index (χ0v) is 14.6. The van der Waals surface area contributed by atoms with Crippen LogP contribution in [0.4, 0.5) is 0 Å². The average Bonchev–Trinajstić information content (AvgIpc) is 2.90. The van der Waals surface area contributed by atoms with Crippen molar-refractivity contribution in [3.63, 3.8) is 0 Å². The maximum atomic E-state index is 10.2. The predicted octanol–water partition coefficient (Wildman–Crippen LogP) is 3.62. The monoisotopic (exact) mass is 321 g/mol. The lowest BCUT2D eigenvalue weighted by atomic mass is 9.80. The Balaban J connectivity index is 1.47. The van der Waals surface area contributed by atoms with Crippen LogP contribution in [0.25, 0.3) is 0 Å². The third-order valence-electron chi connectivity index (χ3n) is 5.79. The van der Waals surface area contributed by atoms with Gasteiger partial charge in [-0.3, -0.25) is 0 Å². The van der Waals surface area contributed by atoms with Gasteiger partial charge in [0, 0.05) is 11.9 Å². The molecule has 4 heteroatoms. The number of pyridine rings is 1. The molecule has 0 spiro atoms. The first-order chi connectivity index (χ1) is 10.5. The topological polar surface area (TPSA) is 42.4 Å². The Morgan fingerprint density at radius 1 is 1.36 bits per heavy atom. The Labute approximate surface area is 137 Å². The molecule has 3 nitrogen and oxygen atoms in total. The summed E-state index contributed by atoms with van der Waals surface area (Å²) in [5.41, 5.74) is 0.401. The zero-order chi connectivity index (χ0) is 15.7. The van der Waals surface area contributed by atoms with E-state index in [0.29, 0.717) is 35.7 Å². The summed E-state index contributed by atoms with van der Waals surface area (Å²) in [6, 6.07) is 5.85. The molecule has 1 aromatic heterocycles. The third kappa shape index (κ3) is 3.06. The molecular weight excluding hydrogens is 294 g/mol. The second kappa shape index (κ2) is 6.50. The lowest BCUT2D eigenvalue weighted by Gasteiger charge is -2.29. The molecule has 3 rings (SSSR count). The minimum Gasteiger partial charge on any atom is -0.390 e. The molecule has 1 N–H and O–H groups in total. The molecule has 2 aliphatic rings. The van der Waals surface area contributed by atoms with Crippen molar-refractivity contribution in [2.24, 2.45) is 23.2 Å². The Kier molecular flexibility index (Phi) is 4.81. The van der Waals surface area contributed by atoms with E-state index in [0.717, 1.165) is 10.9 Å². The van der Waals surface area contributed by atoms with Crippen molar-refractivity contribution >= 4 is 11.8 Å². The van der Waals surface area contributed by atoms with Gasteiger partial charge in [-0.25, -0.2) is 4.98 Å². The van der Waals surface area contributed by atoms with E-state index in [4.69, 9.17) is 4.74 Å². The van der Waals surface area contributed by atoms with Gasteiger partial charge in [-0.15, -0.1) is 11.8 Å². The highest BCUT2D eigenvalue weighted by molar-refractivity contribution is 7.99. The highest BCUT2D eigenvalue weighted by atomic mass is 32.2. The van der Waals surface area contributed by atoms with E-state index in [2.05, 4.69) is 25.8 Å². The van der Waals surface area contributed by atoms with E-state index < -0.39 is 6.10 Å². The number of aliphatic hydroxyl groups excluding tert-OH is 1. The maximum Gasteiger partial charge on any atom is 0.0960 e. The van der Waals surface area contributed by atoms with Gasteiger partial charge in [-0.05, 0) is 48.1 Å². The molecule has 0 unspecified atom stereocenters. The van der Waals surface area contributed by atoms with Crippen LogP contribution in [0.3, 0.4) is 0 Å². The molecule has 0 aromatic carbocycles. The Hall–Kier alpha value is -0.580. The number of fused-ring (bicyclic) bond motifs is 2. The first kappa shape index (κ1) is 16.3. The number of aliphatic hydroxyl groups is 1. The van der Waals surface area contributed by atoms with Crippen LogP contribution in [0.2, 0.25) is 0 Å². The van der Waals surface area contributed by atoms with Gasteiger partial charge in [0.15, 0.2) is 0 Å². The average molecular weight is 321 g/mol. The predicted molar refractivity (Wildman–Crippen MR) is 89.9 cm³/mol. The maximum absolute atomic E-state index is 10.2. The molecular formula is C18H27NO2S. The van der Waals surface area contributed by atoms with E-state index in [1.807, 2.05) is 18.2 Å². The summed E-state index contributed by atoms with van der Waals surface area (Å²) in [5.74, 6) is 2.69. The lowest BCUT2D eigenvalue weighted by molar-refractivity contribution is -0.0506. The summed E-state index contributed by atoms with van der Waals surface area (Å²) in [4.78, 5) is 4.26. The van der Waals surface area contributed by atoms with Gasteiger partial charge < -0.3 is 9.84 Å². The summed E-state index contributed by atoms with van der Waals surface area (Å²) in [5, 5.41) is 11.1. The summed E-state index contributed by atoms with van der Waals surface area (Å²) in [7, 11) is 0. The van der Waals surface area contributed by atoms with Crippen molar-refractivity contribution in [2.75, 3.05) is 12.4 Å². The summed E-state index contributed by atoms with van der Waals surface area (Å²) >= 11 is 1.59. The largest absolute Gasteiger partial charge is 0.390 e. The summed E-state index contributed by atoms with van der Waals surface area (Å²) in [6.07, 6.45) is 4.30. The molecule has 0 aliphatic heterocycles. The molecule has 0 saturated heterocycles. The minimum atomic E-state index is -0.429. The van der Waals surface area contributed by atoms with Gasteiger partial charge in [0.05, 0.1) is 23.8 Å². The van der Waals surface area contributed by atoms with E-state index in [-0.39, 0.29) is 0 Å². The molecule has 2 aliphatic carbocycles. The highest BCUT2D eigenvalue weighted by Crippen LogP contribution is 2.60. The standard InChI is InChI=1S/C18H27NO2S/c1-12-14-7-8-15(18(14,2)3)17(12)21-10-13(20)11-22-16-6-4-5-9-19-16/h4-6,9,12-15,17,20H,7-8,10-11H2,1-3H3/t12-,13+,14-,15+,17-/m1/s1. The van der Waals surface area contributed by atoms with Crippen molar-refractivity contribution in [3.05, 3.63) is 24.4 Å². The number of nitrogens with zero attached hydrogens (tertiary/aromatic N) is 1. The Morgan fingerprint density at radius 2 is 2.14 bits per heavy atom. The molecule has 1 heterocycles. The lowest BCUT2D eigenvalue weighted by Crippen LogP contribution is -2.32. The number of aromatic nitrogens is 1. The van der Waals surface area contributed by atoms with Crippen LogP contribution in [0.1, 0.15) is 33.6 Å². The number of ether oxygens (including phenoxy) is 1. The highest BCUT2D eigenvalue weighted by Gasteiger charge is 2.57. The van der Waals surface area contributed by atoms with Gasteiger partial charge >= 0.3 is 0 Å². The molecule has 2 bridgehead atoms.